The molecule has 28 heavy (non-hydrogen) atoms. The van der Waals surface area contributed by atoms with Crippen LogP contribution in [0.3, 0.4) is 0 Å². The van der Waals surface area contributed by atoms with E-state index in [0.717, 1.165) is 11.1 Å². The highest BCUT2D eigenvalue weighted by molar-refractivity contribution is 9.11. The number of halogens is 2. The standard InChI is InChI=1S/C20H14Br2N2O4/c21-13-17(28-20(26)27)14(22)19(25)24-16(12-9-5-2-6-10-12)15(23-18(13)24)11-7-3-1-4-8-11/h1-10,15-16,23H,(H,26,27). The summed E-state index contributed by atoms with van der Waals surface area (Å²) in [5.41, 5.74) is 1.58. The highest BCUT2D eigenvalue weighted by atomic mass is 79.9. The van der Waals surface area contributed by atoms with Crippen molar-refractivity contribution in [2.75, 3.05) is 5.32 Å². The molecule has 0 bridgehead atoms. The molecule has 2 heterocycles. The van der Waals surface area contributed by atoms with Gasteiger partial charge in [0.2, 0.25) is 0 Å². The van der Waals surface area contributed by atoms with Gasteiger partial charge in [0.1, 0.15) is 14.8 Å². The number of pyridine rings is 1. The van der Waals surface area contributed by atoms with Crippen molar-refractivity contribution >= 4 is 43.8 Å². The molecule has 0 saturated carbocycles. The fourth-order valence-electron chi connectivity index (χ4n) is 3.48. The number of ether oxygens (including phenoxy) is 1. The van der Waals surface area contributed by atoms with Crippen molar-refractivity contribution in [3.63, 3.8) is 0 Å². The van der Waals surface area contributed by atoms with Crippen LogP contribution < -0.4 is 15.6 Å². The summed E-state index contributed by atoms with van der Waals surface area (Å²) in [5, 5.41) is 12.4. The minimum absolute atomic E-state index is 0.0435. The number of aromatic nitrogens is 1. The second-order valence-corrected chi connectivity index (χ2v) is 7.82. The monoisotopic (exact) mass is 504 g/mol. The Morgan fingerprint density at radius 2 is 1.54 bits per heavy atom. The first-order chi connectivity index (χ1) is 13.5. The van der Waals surface area contributed by atoms with Crippen LogP contribution in [-0.2, 0) is 0 Å². The van der Waals surface area contributed by atoms with Gasteiger partial charge in [0, 0.05) is 0 Å². The Balaban J connectivity index is 1.96. The summed E-state index contributed by atoms with van der Waals surface area (Å²) >= 11 is 6.62. The minimum Gasteiger partial charge on any atom is -0.449 e. The topological polar surface area (TPSA) is 80.6 Å². The fourth-order valence-corrected chi connectivity index (χ4v) is 4.80. The van der Waals surface area contributed by atoms with Gasteiger partial charge < -0.3 is 15.2 Å². The Labute approximate surface area is 177 Å². The first-order valence-corrected chi connectivity index (χ1v) is 9.98. The molecular weight excluding hydrogens is 492 g/mol. The summed E-state index contributed by atoms with van der Waals surface area (Å²) in [6.45, 7) is 0. The molecule has 1 aliphatic rings. The second kappa shape index (κ2) is 7.44. The van der Waals surface area contributed by atoms with Crippen LogP contribution in [0.1, 0.15) is 23.2 Å². The molecule has 0 fully saturated rings. The molecule has 6 nitrogen and oxygen atoms in total. The molecule has 2 aromatic carbocycles. The minimum atomic E-state index is -1.50. The van der Waals surface area contributed by atoms with Crippen LogP contribution in [0.15, 0.2) is 74.4 Å². The lowest BCUT2D eigenvalue weighted by Crippen LogP contribution is -2.26. The molecule has 0 spiro atoms. The van der Waals surface area contributed by atoms with Gasteiger partial charge in [-0.3, -0.25) is 9.36 Å². The molecule has 2 atom stereocenters. The number of rotatable bonds is 3. The molecule has 2 unspecified atom stereocenters. The third-order valence-electron chi connectivity index (χ3n) is 4.63. The number of anilines is 1. The van der Waals surface area contributed by atoms with Gasteiger partial charge in [-0.05, 0) is 43.0 Å². The second-order valence-electron chi connectivity index (χ2n) is 6.24. The molecule has 0 amide bonds. The van der Waals surface area contributed by atoms with Crippen molar-refractivity contribution in [1.29, 1.82) is 0 Å². The molecular formula is C20H14Br2N2O4. The smallest absolute Gasteiger partial charge is 0.449 e. The van der Waals surface area contributed by atoms with E-state index >= 15 is 0 Å². The van der Waals surface area contributed by atoms with Gasteiger partial charge in [0.25, 0.3) is 5.56 Å². The summed E-state index contributed by atoms with van der Waals surface area (Å²) in [4.78, 5) is 24.2. The van der Waals surface area contributed by atoms with Gasteiger partial charge >= 0.3 is 6.16 Å². The number of carbonyl (C=O) groups is 1. The molecule has 1 aliphatic heterocycles. The molecule has 8 heteroatoms. The van der Waals surface area contributed by atoms with E-state index in [2.05, 4.69) is 37.2 Å². The van der Waals surface area contributed by atoms with Crippen LogP contribution in [0, 0.1) is 0 Å². The molecule has 0 aliphatic carbocycles. The van der Waals surface area contributed by atoms with E-state index < -0.39 is 6.16 Å². The number of fused-ring (bicyclic) bond motifs is 1. The van der Waals surface area contributed by atoms with Gasteiger partial charge in [-0.2, -0.15) is 0 Å². The normalized spacial score (nSPS) is 17.6. The van der Waals surface area contributed by atoms with Crippen LogP contribution in [0.2, 0.25) is 0 Å². The number of nitrogens with one attached hydrogen (secondary N) is 1. The average Bonchev–Trinajstić information content (AvgIpc) is 3.11. The van der Waals surface area contributed by atoms with E-state index in [1.54, 1.807) is 4.57 Å². The summed E-state index contributed by atoms with van der Waals surface area (Å²) in [6, 6.07) is 18.9. The van der Waals surface area contributed by atoms with Crippen molar-refractivity contribution in [2.24, 2.45) is 0 Å². The molecule has 0 radical (unpaired) electrons. The van der Waals surface area contributed by atoms with Crippen LogP contribution in [0.25, 0.3) is 0 Å². The van der Waals surface area contributed by atoms with Gasteiger partial charge in [-0.15, -0.1) is 0 Å². The van der Waals surface area contributed by atoms with E-state index in [-0.39, 0.29) is 27.9 Å². The van der Waals surface area contributed by atoms with Crippen LogP contribution in [-0.4, -0.2) is 15.8 Å². The highest BCUT2D eigenvalue weighted by Crippen LogP contribution is 2.47. The highest BCUT2D eigenvalue weighted by Gasteiger charge is 2.38. The maximum atomic E-state index is 13.2. The van der Waals surface area contributed by atoms with E-state index in [9.17, 15) is 9.59 Å². The lowest BCUT2D eigenvalue weighted by Gasteiger charge is -2.22. The Hall–Kier alpha value is -2.58. The van der Waals surface area contributed by atoms with Crippen LogP contribution >= 0.6 is 31.9 Å². The number of benzene rings is 2. The average molecular weight is 506 g/mol. The van der Waals surface area contributed by atoms with E-state index in [0.29, 0.717) is 10.3 Å². The predicted octanol–water partition coefficient (Wildman–Crippen LogP) is 5.19. The van der Waals surface area contributed by atoms with Crippen molar-refractivity contribution in [3.8, 4) is 5.75 Å². The first kappa shape index (κ1) is 18.8. The SMILES string of the molecule is O=C(O)Oc1c(Br)c2n(c(=O)c1Br)C(c1ccccc1)C(c1ccccc1)N2. The van der Waals surface area contributed by atoms with E-state index in [4.69, 9.17) is 9.84 Å². The maximum absolute atomic E-state index is 13.2. The Bertz CT molecular complexity index is 1100. The summed E-state index contributed by atoms with van der Waals surface area (Å²) in [6.07, 6.45) is -1.50. The Morgan fingerprint density at radius 3 is 2.11 bits per heavy atom. The number of hydrogen-bond donors (Lipinski definition) is 2. The zero-order valence-corrected chi connectivity index (χ0v) is 17.5. The van der Waals surface area contributed by atoms with Crippen LogP contribution in [0.5, 0.6) is 5.75 Å². The van der Waals surface area contributed by atoms with Crippen molar-refractivity contribution < 1.29 is 14.6 Å². The van der Waals surface area contributed by atoms with E-state index in [1.807, 2.05) is 60.7 Å². The molecule has 1 aromatic heterocycles. The molecule has 142 valence electrons. The zero-order chi connectivity index (χ0) is 19.8. The van der Waals surface area contributed by atoms with Crippen molar-refractivity contribution in [1.82, 2.24) is 4.57 Å². The predicted molar refractivity (Wildman–Crippen MR) is 112 cm³/mol. The molecule has 2 N–H and O–H groups in total. The van der Waals surface area contributed by atoms with Crippen molar-refractivity contribution in [2.45, 2.75) is 12.1 Å². The van der Waals surface area contributed by atoms with Crippen molar-refractivity contribution in [3.05, 3.63) is 91.1 Å². The largest absolute Gasteiger partial charge is 0.511 e. The molecule has 0 saturated heterocycles. The third kappa shape index (κ3) is 3.12. The summed E-state index contributed by atoms with van der Waals surface area (Å²) in [7, 11) is 0. The fraction of sp³-hybridized carbons (Fsp3) is 0.100. The lowest BCUT2D eigenvalue weighted by atomic mass is 9.94. The first-order valence-electron chi connectivity index (χ1n) is 8.39. The van der Waals surface area contributed by atoms with E-state index in [1.165, 1.54) is 0 Å². The quantitative estimate of drug-likeness (QED) is 0.479. The number of nitrogens with zero attached hydrogens (tertiary/aromatic N) is 1. The summed E-state index contributed by atoms with van der Waals surface area (Å²) < 4.78 is 6.86. The van der Waals surface area contributed by atoms with Crippen LogP contribution in [0.4, 0.5) is 10.6 Å². The van der Waals surface area contributed by atoms with Gasteiger partial charge in [0.05, 0.1) is 12.1 Å². The zero-order valence-electron chi connectivity index (χ0n) is 14.3. The van der Waals surface area contributed by atoms with Gasteiger partial charge in [-0.25, -0.2) is 4.79 Å². The Kier molecular flexibility index (Phi) is 4.99. The van der Waals surface area contributed by atoms with Gasteiger partial charge in [0.15, 0.2) is 5.75 Å². The Morgan fingerprint density at radius 1 is 0.964 bits per heavy atom. The molecule has 3 aromatic rings. The summed E-state index contributed by atoms with van der Waals surface area (Å²) in [5.74, 6) is 0.393. The number of carboxylic acid groups (broad SMARTS) is 1. The third-order valence-corrected chi connectivity index (χ3v) is 6.06. The van der Waals surface area contributed by atoms with Gasteiger partial charge in [-0.1, -0.05) is 60.7 Å². The number of hydrogen-bond acceptors (Lipinski definition) is 4. The maximum Gasteiger partial charge on any atom is 0.511 e. The lowest BCUT2D eigenvalue weighted by molar-refractivity contribution is 0.143. The molecule has 4 rings (SSSR count).